The molecule has 168 valence electrons. The number of nitrogens with one attached hydrogen (secondary N) is 2. The van der Waals surface area contributed by atoms with Gasteiger partial charge in [0.15, 0.2) is 0 Å². The van der Waals surface area contributed by atoms with E-state index in [0.717, 1.165) is 44.4 Å². The van der Waals surface area contributed by atoms with Crippen LogP contribution in [-0.4, -0.2) is 40.9 Å². The van der Waals surface area contributed by atoms with E-state index in [1.807, 2.05) is 6.07 Å². The zero-order chi connectivity index (χ0) is 22.7. The molecule has 0 spiro atoms. The normalized spacial score (nSPS) is 21.3. The van der Waals surface area contributed by atoms with Gasteiger partial charge in [0, 0.05) is 12.6 Å². The zero-order valence-corrected chi connectivity index (χ0v) is 19.1. The third kappa shape index (κ3) is 4.73. The van der Waals surface area contributed by atoms with Gasteiger partial charge in [0.1, 0.15) is 11.6 Å². The summed E-state index contributed by atoms with van der Waals surface area (Å²) in [5, 5.41) is 17.1. The van der Waals surface area contributed by atoms with E-state index in [9.17, 15) is 5.11 Å². The smallest absolute Gasteiger partial charge is 0.224 e. The molecule has 2 aliphatic rings. The highest BCUT2D eigenvalue weighted by Crippen LogP contribution is 2.37. The molecule has 0 amide bonds. The van der Waals surface area contributed by atoms with Gasteiger partial charge in [-0.1, -0.05) is 31.9 Å². The van der Waals surface area contributed by atoms with Gasteiger partial charge in [0.2, 0.25) is 5.95 Å². The molecule has 1 aromatic heterocycles. The number of aromatic nitrogens is 2. The number of fused-ring (bicyclic) bond motifs is 1. The van der Waals surface area contributed by atoms with Crippen molar-refractivity contribution >= 4 is 17.3 Å². The zero-order valence-electron chi connectivity index (χ0n) is 19.1. The number of aliphatic hydroxyl groups excluding tert-OH is 1. The van der Waals surface area contributed by atoms with Gasteiger partial charge in [0.25, 0.3) is 0 Å². The van der Waals surface area contributed by atoms with Gasteiger partial charge in [-0.15, -0.1) is 6.42 Å². The Labute approximate surface area is 190 Å². The summed E-state index contributed by atoms with van der Waals surface area (Å²) in [6.45, 7) is 4.94. The first-order valence-electron chi connectivity index (χ1n) is 11.3. The molecular weight excluding hydrogens is 400 g/mol. The summed E-state index contributed by atoms with van der Waals surface area (Å²) >= 11 is 0. The Morgan fingerprint density at radius 1 is 1.31 bits per heavy atom. The fourth-order valence-electron chi connectivity index (χ4n) is 4.69. The van der Waals surface area contributed by atoms with Crippen molar-refractivity contribution in [2.75, 3.05) is 24.3 Å². The third-order valence-electron chi connectivity index (χ3n) is 6.65. The van der Waals surface area contributed by atoms with Crippen LogP contribution in [0, 0.1) is 17.8 Å². The average Bonchev–Trinajstić information content (AvgIpc) is 3.18. The number of terminal acetylenes is 1. The highest BCUT2D eigenvalue weighted by atomic mass is 16.5. The molecule has 1 fully saturated rings. The summed E-state index contributed by atoms with van der Waals surface area (Å²) < 4.78 is 5.33. The second kappa shape index (κ2) is 9.22. The SMILES string of the molecule is C#Cc1cnc(NCCC2=CCc3cc(OC)ccc32)nc1N[C@@H]1CC[C@H](O)C(C)(C)C1. The Hall–Kier alpha value is -3.04. The molecule has 0 radical (unpaired) electrons. The van der Waals surface area contributed by atoms with Crippen LogP contribution < -0.4 is 15.4 Å². The van der Waals surface area contributed by atoms with Crippen LogP contribution >= 0.6 is 0 Å². The maximum absolute atomic E-state index is 10.2. The first-order valence-corrected chi connectivity index (χ1v) is 11.3. The van der Waals surface area contributed by atoms with Crippen molar-refractivity contribution in [3.8, 4) is 18.1 Å². The fraction of sp³-hybridized carbons (Fsp3) is 0.462. The summed E-state index contributed by atoms with van der Waals surface area (Å²) in [5.41, 5.74) is 4.45. The van der Waals surface area contributed by atoms with Crippen molar-refractivity contribution in [2.24, 2.45) is 5.41 Å². The number of benzene rings is 1. The van der Waals surface area contributed by atoms with Gasteiger partial charge in [-0.25, -0.2) is 4.98 Å². The molecule has 2 atom stereocenters. The van der Waals surface area contributed by atoms with Crippen molar-refractivity contribution in [3.63, 3.8) is 0 Å². The van der Waals surface area contributed by atoms with Gasteiger partial charge >= 0.3 is 0 Å². The van der Waals surface area contributed by atoms with E-state index in [4.69, 9.17) is 11.2 Å². The van der Waals surface area contributed by atoms with E-state index >= 15 is 0 Å². The molecule has 3 N–H and O–H groups in total. The summed E-state index contributed by atoms with van der Waals surface area (Å²) in [5.74, 6) is 4.82. The topological polar surface area (TPSA) is 79.3 Å². The van der Waals surface area contributed by atoms with Crippen molar-refractivity contribution in [2.45, 2.75) is 58.1 Å². The number of hydrogen-bond donors (Lipinski definition) is 3. The average molecular weight is 433 g/mol. The molecule has 2 aliphatic carbocycles. The van der Waals surface area contributed by atoms with Crippen LogP contribution in [0.5, 0.6) is 5.75 Å². The highest BCUT2D eigenvalue weighted by Gasteiger charge is 2.35. The quantitative estimate of drug-likeness (QED) is 0.568. The van der Waals surface area contributed by atoms with Gasteiger partial charge in [-0.2, -0.15) is 4.98 Å². The maximum Gasteiger partial charge on any atom is 0.224 e. The maximum atomic E-state index is 10.2. The first kappa shape index (κ1) is 22.2. The number of methoxy groups -OCH3 is 1. The standard InChI is InChI=1S/C26H32N4O2/c1-5-17-16-28-25(30-24(17)29-20-8-11-23(31)26(2,3)15-20)27-13-12-18-6-7-19-14-21(32-4)9-10-22(18)19/h1,6,9-10,14,16,20,23,31H,7-8,11-13,15H2,2-4H3,(H2,27,28,29,30)/t20-,23+/m1/s1. The van der Waals surface area contributed by atoms with Gasteiger partial charge in [-0.3, -0.25) is 0 Å². The van der Waals surface area contributed by atoms with Crippen molar-refractivity contribution in [1.82, 2.24) is 9.97 Å². The monoisotopic (exact) mass is 432 g/mol. The van der Waals surface area contributed by atoms with Gasteiger partial charge < -0.3 is 20.5 Å². The second-order valence-corrected chi connectivity index (χ2v) is 9.36. The Morgan fingerprint density at radius 3 is 2.91 bits per heavy atom. The number of aliphatic hydroxyl groups is 1. The summed E-state index contributed by atoms with van der Waals surface area (Å²) in [4.78, 5) is 9.06. The molecule has 2 aromatic rings. The van der Waals surface area contributed by atoms with Crippen LogP contribution in [0.25, 0.3) is 5.57 Å². The van der Waals surface area contributed by atoms with Crippen molar-refractivity contribution < 1.29 is 9.84 Å². The predicted molar refractivity (Wildman–Crippen MR) is 129 cm³/mol. The van der Waals surface area contributed by atoms with E-state index in [1.165, 1.54) is 16.7 Å². The van der Waals surface area contributed by atoms with E-state index in [0.29, 0.717) is 17.3 Å². The number of rotatable bonds is 7. The Balaban J connectivity index is 1.38. The highest BCUT2D eigenvalue weighted by molar-refractivity contribution is 5.74. The van der Waals surface area contributed by atoms with E-state index in [-0.39, 0.29) is 17.6 Å². The number of ether oxygens (including phenoxy) is 1. The molecule has 0 unspecified atom stereocenters. The van der Waals surface area contributed by atoms with Gasteiger partial charge in [0.05, 0.1) is 25.0 Å². The van der Waals surface area contributed by atoms with E-state index < -0.39 is 0 Å². The lowest BCUT2D eigenvalue weighted by Gasteiger charge is -2.40. The summed E-state index contributed by atoms with van der Waals surface area (Å²) in [6, 6.07) is 6.48. The van der Waals surface area contributed by atoms with Crippen LogP contribution in [0.1, 0.15) is 56.2 Å². The first-order chi connectivity index (χ1) is 15.4. The van der Waals surface area contributed by atoms with Crippen molar-refractivity contribution in [1.29, 1.82) is 0 Å². The molecule has 6 heteroatoms. The lowest BCUT2D eigenvalue weighted by Crippen LogP contribution is -2.41. The number of anilines is 2. The van der Waals surface area contributed by atoms with Crippen LogP contribution in [0.15, 0.2) is 30.5 Å². The molecule has 1 heterocycles. The molecule has 4 rings (SSSR count). The van der Waals surface area contributed by atoms with Crippen molar-refractivity contribution in [3.05, 3.63) is 47.2 Å². The molecule has 0 saturated heterocycles. The minimum absolute atomic E-state index is 0.129. The lowest BCUT2D eigenvalue weighted by atomic mass is 9.73. The van der Waals surface area contributed by atoms with E-state index in [2.05, 4.69) is 58.6 Å². The van der Waals surface area contributed by atoms with Crippen LogP contribution in [0.3, 0.4) is 0 Å². The number of nitrogens with zero attached hydrogens (tertiary/aromatic N) is 2. The molecule has 6 nitrogen and oxygen atoms in total. The molecule has 0 aliphatic heterocycles. The minimum Gasteiger partial charge on any atom is -0.497 e. The molecule has 32 heavy (non-hydrogen) atoms. The Bertz CT molecular complexity index is 1050. The Kier molecular flexibility index (Phi) is 6.38. The fourth-order valence-corrected chi connectivity index (χ4v) is 4.69. The lowest BCUT2D eigenvalue weighted by molar-refractivity contribution is 0.00926. The van der Waals surface area contributed by atoms with Crippen LogP contribution in [0.4, 0.5) is 11.8 Å². The van der Waals surface area contributed by atoms with Gasteiger partial charge in [-0.05, 0) is 66.4 Å². The molecular formula is C26H32N4O2. The Morgan fingerprint density at radius 2 is 2.16 bits per heavy atom. The summed E-state index contributed by atoms with van der Waals surface area (Å²) in [7, 11) is 1.70. The number of allylic oxidation sites excluding steroid dienone is 1. The van der Waals surface area contributed by atoms with E-state index in [1.54, 1.807) is 13.3 Å². The van der Waals surface area contributed by atoms with Crippen LogP contribution in [-0.2, 0) is 6.42 Å². The minimum atomic E-state index is -0.272. The molecule has 1 saturated carbocycles. The largest absolute Gasteiger partial charge is 0.497 e. The summed E-state index contributed by atoms with van der Waals surface area (Å²) in [6.07, 6.45) is 13.7. The number of hydrogen-bond acceptors (Lipinski definition) is 6. The second-order valence-electron chi connectivity index (χ2n) is 9.36. The molecule has 1 aromatic carbocycles. The third-order valence-corrected chi connectivity index (χ3v) is 6.65. The molecule has 0 bridgehead atoms. The van der Waals surface area contributed by atoms with Crippen LogP contribution in [0.2, 0.25) is 0 Å². The predicted octanol–water partition coefficient (Wildman–Crippen LogP) is 4.26.